The number of esters is 1. The van der Waals surface area contributed by atoms with Crippen LogP contribution in [0.4, 0.5) is 10.5 Å². The maximum absolute atomic E-state index is 13.1. The lowest BCUT2D eigenvalue weighted by atomic mass is 10.1. The van der Waals surface area contributed by atoms with E-state index in [0.717, 1.165) is 0 Å². The number of carbonyl (C=O) groups excluding carboxylic acids is 3. The number of ether oxygens (including phenoxy) is 2. The highest BCUT2D eigenvalue weighted by Crippen LogP contribution is 2.31. The van der Waals surface area contributed by atoms with Gasteiger partial charge in [0.15, 0.2) is 12.3 Å². The maximum atomic E-state index is 13.1. The van der Waals surface area contributed by atoms with Crippen molar-refractivity contribution in [2.45, 2.75) is 52.7 Å². The van der Waals surface area contributed by atoms with Crippen molar-refractivity contribution in [1.82, 2.24) is 9.47 Å². The summed E-state index contributed by atoms with van der Waals surface area (Å²) in [7, 11) is 3.25. The van der Waals surface area contributed by atoms with Crippen LogP contribution < -0.4 is 9.90 Å². The Labute approximate surface area is 238 Å². The number of rotatable bonds is 6. The summed E-state index contributed by atoms with van der Waals surface area (Å²) in [5.41, 5.74) is -0.396. The lowest BCUT2D eigenvalue weighted by Crippen LogP contribution is -2.37. The largest absolute Gasteiger partial charge is 0.459 e. The van der Waals surface area contributed by atoms with Gasteiger partial charge in [0.05, 0.1) is 16.8 Å². The van der Waals surface area contributed by atoms with E-state index in [1.807, 2.05) is 0 Å². The van der Waals surface area contributed by atoms with E-state index in [1.165, 1.54) is 20.7 Å². The second-order valence-electron chi connectivity index (χ2n) is 11.1. The molecule has 0 bridgehead atoms. The number of fused-ring (bicyclic) bond motifs is 1. The highest BCUT2D eigenvalue weighted by Gasteiger charge is 2.26. The Kier molecular flexibility index (Phi) is 8.77. The number of aromatic nitrogens is 1. The van der Waals surface area contributed by atoms with Crippen LogP contribution in [0.15, 0.2) is 42.6 Å². The molecule has 210 valence electrons. The van der Waals surface area contributed by atoms with Gasteiger partial charge in [0.2, 0.25) is 0 Å². The van der Waals surface area contributed by atoms with Crippen LogP contribution >= 0.6 is 23.2 Å². The van der Waals surface area contributed by atoms with Gasteiger partial charge in [-0.1, -0.05) is 23.2 Å². The standard InChI is InChI=1S/C28H33Cl2N3O6/c1-27(2,3)37-24(34)16-33(39-20-12-17(29)11-18(30)13-20)19-9-10-21-22(25(35)31(7)8)15-32(23(21)14-19)26(36)38-28(4,5)6/h9-15H,16H2,1-8H3. The Bertz CT molecular complexity index is 1380. The molecule has 0 N–H and O–H groups in total. The minimum absolute atomic E-state index is 0.280. The molecule has 0 fully saturated rings. The van der Waals surface area contributed by atoms with Gasteiger partial charge in [-0.2, -0.15) is 5.06 Å². The van der Waals surface area contributed by atoms with Crippen molar-refractivity contribution >= 4 is 57.8 Å². The van der Waals surface area contributed by atoms with Crippen molar-refractivity contribution in [1.29, 1.82) is 0 Å². The van der Waals surface area contributed by atoms with Gasteiger partial charge >= 0.3 is 12.1 Å². The van der Waals surface area contributed by atoms with Crippen LogP contribution in [0.3, 0.4) is 0 Å². The summed E-state index contributed by atoms with van der Waals surface area (Å²) < 4.78 is 12.3. The molecule has 0 radical (unpaired) electrons. The van der Waals surface area contributed by atoms with Gasteiger partial charge in [0.25, 0.3) is 5.91 Å². The molecule has 1 amide bonds. The molecule has 0 aliphatic rings. The van der Waals surface area contributed by atoms with Gasteiger partial charge in [-0.25, -0.2) is 9.59 Å². The van der Waals surface area contributed by atoms with Crippen molar-refractivity contribution in [2.24, 2.45) is 0 Å². The molecule has 3 rings (SSSR count). The molecule has 0 aliphatic heterocycles. The molecule has 39 heavy (non-hydrogen) atoms. The minimum Gasteiger partial charge on any atom is -0.459 e. The van der Waals surface area contributed by atoms with E-state index in [-0.39, 0.29) is 18.2 Å². The van der Waals surface area contributed by atoms with Crippen molar-refractivity contribution in [3.63, 3.8) is 0 Å². The van der Waals surface area contributed by atoms with E-state index in [4.69, 9.17) is 37.5 Å². The van der Waals surface area contributed by atoms with Gasteiger partial charge in [-0.05, 0) is 65.8 Å². The van der Waals surface area contributed by atoms with Gasteiger partial charge in [0, 0.05) is 47.9 Å². The van der Waals surface area contributed by atoms with E-state index in [0.29, 0.717) is 32.2 Å². The second-order valence-corrected chi connectivity index (χ2v) is 12.0. The van der Waals surface area contributed by atoms with Crippen molar-refractivity contribution in [3.05, 3.63) is 58.2 Å². The number of hydrogen-bond donors (Lipinski definition) is 0. The van der Waals surface area contributed by atoms with Crippen molar-refractivity contribution in [2.75, 3.05) is 25.7 Å². The van der Waals surface area contributed by atoms with Gasteiger partial charge < -0.3 is 19.2 Å². The number of anilines is 1. The summed E-state index contributed by atoms with van der Waals surface area (Å²) in [5.74, 6) is -0.561. The zero-order valence-electron chi connectivity index (χ0n) is 23.3. The van der Waals surface area contributed by atoms with Crippen LogP contribution in [0.25, 0.3) is 10.9 Å². The lowest BCUT2D eigenvalue weighted by molar-refractivity contribution is -0.153. The molecule has 0 spiro atoms. The summed E-state index contributed by atoms with van der Waals surface area (Å²) in [6.07, 6.45) is 0.782. The molecule has 0 saturated heterocycles. The Morgan fingerprint density at radius 2 is 1.46 bits per heavy atom. The Morgan fingerprint density at radius 3 is 2.00 bits per heavy atom. The highest BCUT2D eigenvalue weighted by molar-refractivity contribution is 6.34. The van der Waals surface area contributed by atoms with Crippen LogP contribution in [0.5, 0.6) is 5.75 Å². The second kappa shape index (κ2) is 11.4. The Balaban J connectivity index is 2.15. The third kappa shape index (κ3) is 8.03. The average molecular weight is 578 g/mol. The first kappa shape index (κ1) is 30.1. The fourth-order valence-corrected chi connectivity index (χ4v) is 4.13. The van der Waals surface area contributed by atoms with E-state index >= 15 is 0 Å². The highest BCUT2D eigenvalue weighted by atomic mass is 35.5. The predicted octanol–water partition coefficient (Wildman–Crippen LogP) is 6.58. The van der Waals surface area contributed by atoms with E-state index in [1.54, 1.807) is 92.0 Å². The smallest absolute Gasteiger partial charge is 0.419 e. The monoisotopic (exact) mass is 577 g/mol. The lowest BCUT2D eigenvalue weighted by Gasteiger charge is -2.26. The van der Waals surface area contributed by atoms with Crippen LogP contribution in [-0.2, 0) is 14.3 Å². The van der Waals surface area contributed by atoms with E-state index < -0.39 is 23.3 Å². The molecule has 1 heterocycles. The van der Waals surface area contributed by atoms with Gasteiger partial charge in [0.1, 0.15) is 11.2 Å². The number of benzene rings is 2. The fraction of sp³-hybridized carbons (Fsp3) is 0.393. The summed E-state index contributed by atoms with van der Waals surface area (Å²) in [6.45, 7) is 10.2. The quantitative estimate of drug-likeness (QED) is 0.241. The summed E-state index contributed by atoms with van der Waals surface area (Å²) in [4.78, 5) is 46.3. The first-order valence-corrected chi connectivity index (χ1v) is 12.9. The third-order valence-corrected chi connectivity index (χ3v) is 5.48. The summed E-state index contributed by atoms with van der Waals surface area (Å²) >= 11 is 12.3. The normalized spacial score (nSPS) is 11.7. The number of halogens is 2. The fourth-order valence-electron chi connectivity index (χ4n) is 3.62. The predicted molar refractivity (Wildman–Crippen MR) is 152 cm³/mol. The molecule has 1 aromatic heterocycles. The summed E-state index contributed by atoms with van der Waals surface area (Å²) in [5, 5.41) is 2.51. The van der Waals surface area contributed by atoms with E-state index in [9.17, 15) is 14.4 Å². The van der Waals surface area contributed by atoms with Gasteiger partial charge in [-0.15, -0.1) is 0 Å². The number of amides is 1. The Morgan fingerprint density at radius 1 is 0.872 bits per heavy atom. The third-order valence-electron chi connectivity index (χ3n) is 5.05. The zero-order chi connectivity index (χ0) is 29.3. The molecule has 2 aromatic carbocycles. The van der Waals surface area contributed by atoms with Crippen LogP contribution in [0.2, 0.25) is 10.0 Å². The first-order chi connectivity index (χ1) is 17.9. The van der Waals surface area contributed by atoms with Crippen LogP contribution in [-0.4, -0.2) is 59.3 Å². The summed E-state index contributed by atoms with van der Waals surface area (Å²) in [6, 6.07) is 9.62. The molecular formula is C28H33Cl2N3O6. The number of hydroxylamine groups is 1. The average Bonchev–Trinajstić information content (AvgIpc) is 3.14. The molecular weight excluding hydrogens is 545 g/mol. The zero-order valence-corrected chi connectivity index (χ0v) is 24.8. The maximum Gasteiger partial charge on any atom is 0.419 e. The van der Waals surface area contributed by atoms with Crippen molar-refractivity contribution in [3.8, 4) is 5.75 Å². The number of hydrogen-bond acceptors (Lipinski definition) is 7. The number of nitrogens with zero attached hydrogens (tertiary/aromatic N) is 3. The molecule has 0 aliphatic carbocycles. The molecule has 0 unspecified atom stereocenters. The molecule has 0 atom stereocenters. The number of carbonyl (C=O) groups is 3. The van der Waals surface area contributed by atoms with E-state index in [2.05, 4.69) is 0 Å². The van der Waals surface area contributed by atoms with Crippen LogP contribution in [0, 0.1) is 0 Å². The topological polar surface area (TPSA) is 90.3 Å². The van der Waals surface area contributed by atoms with Gasteiger partial charge in [-0.3, -0.25) is 9.36 Å². The van der Waals surface area contributed by atoms with Crippen molar-refractivity contribution < 1.29 is 28.7 Å². The molecule has 9 nitrogen and oxygen atoms in total. The van der Waals surface area contributed by atoms with Crippen LogP contribution in [0.1, 0.15) is 51.9 Å². The first-order valence-electron chi connectivity index (χ1n) is 12.2. The SMILES string of the molecule is CN(C)C(=O)c1cn(C(=O)OC(C)(C)C)c2cc(N(CC(=O)OC(C)(C)C)Oc3cc(Cl)cc(Cl)c3)ccc12. The molecule has 3 aromatic rings. The Hall–Kier alpha value is -3.43. The molecule has 0 saturated carbocycles. The minimum atomic E-state index is -0.769. The molecule has 11 heteroatoms.